The van der Waals surface area contributed by atoms with Gasteiger partial charge < -0.3 is 5.11 Å². The van der Waals surface area contributed by atoms with Gasteiger partial charge in [0.05, 0.1) is 10.0 Å². The summed E-state index contributed by atoms with van der Waals surface area (Å²) in [7, 11) is 0. The maximum Gasteiger partial charge on any atom is 0.324 e. The van der Waals surface area contributed by atoms with Crippen molar-refractivity contribution >= 4 is 29.2 Å². The highest BCUT2D eigenvalue weighted by Gasteiger charge is 2.48. The minimum absolute atomic E-state index is 0.00455. The molecular formula is C16H21Cl2NO2. The Kier molecular flexibility index (Phi) is 5.18. The van der Waals surface area contributed by atoms with Crippen molar-refractivity contribution in [2.24, 2.45) is 0 Å². The molecule has 1 N–H and O–H groups in total. The smallest absolute Gasteiger partial charge is 0.324 e. The van der Waals surface area contributed by atoms with Crippen molar-refractivity contribution in [3.05, 3.63) is 33.8 Å². The normalized spacial score (nSPS) is 24.2. The van der Waals surface area contributed by atoms with Gasteiger partial charge in [-0.05, 0) is 50.4 Å². The summed E-state index contributed by atoms with van der Waals surface area (Å²) in [5, 5.41) is 10.8. The lowest BCUT2D eigenvalue weighted by atomic mass is 9.89. The maximum absolute atomic E-state index is 11.9. The van der Waals surface area contributed by atoms with Gasteiger partial charge in [0.15, 0.2) is 0 Å². The summed E-state index contributed by atoms with van der Waals surface area (Å²) < 4.78 is 0. The van der Waals surface area contributed by atoms with E-state index in [1.807, 2.05) is 26.0 Å². The molecule has 1 aromatic carbocycles. The molecule has 21 heavy (non-hydrogen) atoms. The molecule has 1 aliphatic rings. The van der Waals surface area contributed by atoms with Crippen LogP contribution in [0.3, 0.4) is 0 Å². The first-order valence-corrected chi connectivity index (χ1v) is 8.13. The molecule has 5 heteroatoms. The average molecular weight is 330 g/mol. The Morgan fingerprint density at radius 2 is 2.14 bits per heavy atom. The van der Waals surface area contributed by atoms with Gasteiger partial charge in [0.2, 0.25) is 0 Å². The van der Waals surface area contributed by atoms with Crippen LogP contribution in [0.25, 0.3) is 0 Å². The number of carbonyl (C=O) groups is 1. The Morgan fingerprint density at radius 3 is 2.71 bits per heavy atom. The van der Waals surface area contributed by atoms with Gasteiger partial charge in [-0.3, -0.25) is 9.69 Å². The summed E-state index contributed by atoms with van der Waals surface area (Å²) in [4.78, 5) is 14.0. The van der Waals surface area contributed by atoms with Gasteiger partial charge in [-0.25, -0.2) is 0 Å². The lowest BCUT2D eigenvalue weighted by Crippen LogP contribution is -2.51. The first-order chi connectivity index (χ1) is 9.92. The number of rotatable bonds is 5. The zero-order chi connectivity index (χ0) is 15.6. The second kappa shape index (κ2) is 6.55. The number of halogens is 2. The molecule has 0 aliphatic carbocycles. The van der Waals surface area contributed by atoms with Crippen LogP contribution in [-0.2, 0) is 4.79 Å². The highest BCUT2D eigenvalue weighted by Crippen LogP contribution is 2.41. The molecule has 2 atom stereocenters. The molecule has 1 saturated heterocycles. The molecule has 0 saturated carbocycles. The minimum Gasteiger partial charge on any atom is -0.480 e. The molecule has 3 nitrogen and oxygen atoms in total. The Balaban J connectivity index is 2.33. The lowest BCUT2D eigenvalue weighted by molar-refractivity contribution is -0.151. The van der Waals surface area contributed by atoms with Crippen LogP contribution in [0.1, 0.15) is 51.1 Å². The second-order valence-electron chi connectivity index (χ2n) is 5.73. The van der Waals surface area contributed by atoms with E-state index >= 15 is 0 Å². The second-order valence-corrected chi connectivity index (χ2v) is 6.55. The molecule has 1 heterocycles. The summed E-state index contributed by atoms with van der Waals surface area (Å²) in [5.41, 5.74) is 0.258. The lowest BCUT2D eigenvalue weighted by Gasteiger charge is -2.39. The number of carboxylic acid groups (broad SMARTS) is 1. The summed E-state index contributed by atoms with van der Waals surface area (Å²) in [6.07, 6.45) is 3.16. The zero-order valence-electron chi connectivity index (χ0n) is 12.4. The quantitative estimate of drug-likeness (QED) is 0.845. The first-order valence-electron chi connectivity index (χ1n) is 7.37. The van der Waals surface area contributed by atoms with Gasteiger partial charge in [0, 0.05) is 6.04 Å². The van der Waals surface area contributed by atoms with Crippen molar-refractivity contribution in [1.29, 1.82) is 0 Å². The molecule has 116 valence electrons. The van der Waals surface area contributed by atoms with E-state index < -0.39 is 11.5 Å². The van der Waals surface area contributed by atoms with Gasteiger partial charge in [-0.1, -0.05) is 42.6 Å². The number of hydrogen-bond donors (Lipinski definition) is 1. The Hall–Kier alpha value is -0.770. The van der Waals surface area contributed by atoms with Crippen molar-refractivity contribution in [2.45, 2.75) is 51.1 Å². The van der Waals surface area contributed by atoms with Crippen molar-refractivity contribution in [3.63, 3.8) is 0 Å². The molecule has 0 amide bonds. The predicted molar refractivity (Wildman–Crippen MR) is 86.1 cm³/mol. The molecule has 2 unspecified atom stereocenters. The summed E-state index contributed by atoms with van der Waals surface area (Å²) >= 11 is 12.1. The fourth-order valence-electron chi connectivity index (χ4n) is 3.43. The van der Waals surface area contributed by atoms with Crippen LogP contribution in [-0.4, -0.2) is 28.1 Å². The molecule has 0 radical (unpaired) electrons. The number of benzene rings is 1. The Morgan fingerprint density at radius 1 is 1.43 bits per heavy atom. The number of carboxylic acids is 1. The van der Waals surface area contributed by atoms with E-state index in [0.717, 1.165) is 24.9 Å². The predicted octanol–water partition coefficient (Wildman–Crippen LogP) is 4.77. The Bertz CT molecular complexity index is 535. The van der Waals surface area contributed by atoms with Crippen LogP contribution in [0.2, 0.25) is 10.0 Å². The minimum atomic E-state index is -0.750. The van der Waals surface area contributed by atoms with Gasteiger partial charge in [-0.2, -0.15) is 0 Å². The molecular weight excluding hydrogens is 309 g/mol. The Labute approximate surface area is 135 Å². The van der Waals surface area contributed by atoms with Crippen LogP contribution in [0.4, 0.5) is 0 Å². The standard InChI is InChI=1S/C16H21Cl2NO2/c1-3-7-16(15(20)21)8-4-9-19(16)11(2)12-5-6-13(17)14(18)10-12/h5-6,10-11H,3-4,7-9H2,1-2H3,(H,20,21). The number of hydrogen-bond acceptors (Lipinski definition) is 2. The topological polar surface area (TPSA) is 40.5 Å². The van der Waals surface area contributed by atoms with Crippen LogP contribution >= 0.6 is 23.2 Å². The zero-order valence-corrected chi connectivity index (χ0v) is 13.9. The molecule has 0 bridgehead atoms. The van der Waals surface area contributed by atoms with Gasteiger partial charge in [0.25, 0.3) is 0 Å². The molecule has 0 aromatic heterocycles. The van der Waals surface area contributed by atoms with Crippen LogP contribution in [0.15, 0.2) is 18.2 Å². The monoisotopic (exact) mass is 329 g/mol. The van der Waals surface area contributed by atoms with Gasteiger partial charge in [0.1, 0.15) is 5.54 Å². The SMILES string of the molecule is CCCC1(C(=O)O)CCCN1C(C)c1ccc(Cl)c(Cl)c1. The van der Waals surface area contributed by atoms with E-state index in [1.165, 1.54) is 0 Å². The molecule has 1 fully saturated rings. The average Bonchev–Trinajstić information content (AvgIpc) is 2.86. The third-order valence-corrected chi connectivity index (χ3v) is 5.23. The van der Waals surface area contributed by atoms with E-state index in [1.54, 1.807) is 6.07 Å². The summed E-state index contributed by atoms with van der Waals surface area (Å²) in [6.45, 7) is 4.87. The molecule has 0 spiro atoms. The highest BCUT2D eigenvalue weighted by molar-refractivity contribution is 6.42. The summed E-state index contributed by atoms with van der Waals surface area (Å²) in [5.74, 6) is -0.714. The molecule has 1 aliphatic heterocycles. The van der Waals surface area contributed by atoms with Gasteiger partial charge in [-0.15, -0.1) is 0 Å². The third-order valence-electron chi connectivity index (χ3n) is 4.49. The largest absolute Gasteiger partial charge is 0.480 e. The first kappa shape index (κ1) is 16.6. The van der Waals surface area contributed by atoms with Crippen LogP contribution in [0, 0.1) is 0 Å². The van der Waals surface area contributed by atoms with Gasteiger partial charge >= 0.3 is 5.97 Å². The molecule has 2 rings (SSSR count). The van der Waals surface area contributed by atoms with Crippen molar-refractivity contribution < 1.29 is 9.90 Å². The van der Waals surface area contributed by atoms with Crippen LogP contribution < -0.4 is 0 Å². The van der Waals surface area contributed by atoms with E-state index in [2.05, 4.69) is 4.90 Å². The van der Waals surface area contributed by atoms with E-state index in [0.29, 0.717) is 22.9 Å². The maximum atomic E-state index is 11.9. The fraction of sp³-hybridized carbons (Fsp3) is 0.562. The van der Waals surface area contributed by atoms with E-state index in [4.69, 9.17) is 23.2 Å². The summed E-state index contributed by atoms with van der Waals surface area (Å²) in [6, 6.07) is 5.54. The van der Waals surface area contributed by atoms with E-state index in [-0.39, 0.29) is 6.04 Å². The third kappa shape index (κ3) is 3.05. The fourth-order valence-corrected chi connectivity index (χ4v) is 3.74. The van der Waals surface area contributed by atoms with Crippen LogP contribution in [0.5, 0.6) is 0 Å². The molecule has 1 aromatic rings. The number of nitrogens with zero attached hydrogens (tertiary/aromatic N) is 1. The van der Waals surface area contributed by atoms with Crippen molar-refractivity contribution in [2.75, 3.05) is 6.54 Å². The van der Waals surface area contributed by atoms with Crippen molar-refractivity contribution in [1.82, 2.24) is 4.90 Å². The number of likely N-dealkylation sites (tertiary alicyclic amines) is 1. The number of aliphatic carboxylic acids is 1. The highest BCUT2D eigenvalue weighted by atomic mass is 35.5. The van der Waals surface area contributed by atoms with E-state index in [9.17, 15) is 9.90 Å². The van der Waals surface area contributed by atoms with Crippen molar-refractivity contribution in [3.8, 4) is 0 Å².